The van der Waals surface area contributed by atoms with Crippen molar-refractivity contribution in [2.24, 2.45) is 5.92 Å². The molecule has 22 heavy (non-hydrogen) atoms. The molecule has 3 rings (SSSR count). The molecular formula is C21H23N. The Morgan fingerprint density at radius 2 is 1.73 bits per heavy atom. The zero-order valence-corrected chi connectivity index (χ0v) is 13.4. The molecule has 112 valence electrons. The largest absolute Gasteiger partial charge is 0.248 e. The normalized spacial score (nSPS) is 15.1. The van der Waals surface area contributed by atoms with E-state index in [-0.39, 0.29) is 5.92 Å². The van der Waals surface area contributed by atoms with Gasteiger partial charge in [0.1, 0.15) is 0 Å². The molecule has 1 atom stereocenters. The van der Waals surface area contributed by atoms with Crippen LogP contribution in [0.4, 0.5) is 0 Å². The van der Waals surface area contributed by atoms with Gasteiger partial charge in [-0.25, -0.2) is 4.98 Å². The van der Waals surface area contributed by atoms with Crippen LogP contribution in [-0.4, -0.2) is 4.98 Å². The highest BCUT2D eigenvalue weighted by Gasteiger charge is 2.05. The molecule has 0 aliphatic carbocycles. The van der Waals surface area contributed by atoms with Crippen molar-refractivity contribution >= 4 is 10.9 Å². The van der Waals surface area contributed by atoms with Crippen LogP contribution in [0.2, 0.25) is 0 Å². The molecule has 0 N–H and O–H groups in total. The summed E-state index contributed by atoms with van der Waals surface area (Å²) < 4.78 is 22.7. The van der Waals surface area contributed by atoms with E-state index in [1.165, 1.54) is 11.1 Å². The molecule has 0 fully saturated rings. The Kier molecular flexibility index (Phi) is 3.07. The number of fused-ring (bicyclic) bond motifs is 1. The van der Waals surface area contributed by atoms with Gasteiger partial charge in [-0.2, -0.15) is 0 Å². The minimum absolute atomic E-state index is 0.368. The number of nitrogens with zero attached hydrogens (tertiary/aromatic N) is 1. The SMILES string of the molecule is [2H]C([2H])([2H])C(C)Cc1ccc2ccc(-c3cc(C)cc(C)c3)nc2c1. The number of benzene rings is 2. The van der Waals surface area contributed by atoms with E-state index >= 15 is 0 Å². The van der Waals surface area contributed by atoms with E-state index in [2.05, 4.69) is 38.1 Å². The van der Waals surface area contributed by atoms with Gasteiger partial charge in [0.2, 0.25) is 0 Å². The number of pyridine rings is 1. The molecule has 0 amide bonds. The number of aromatic nitrogens is 1. The van der Waals surface area contributed by atoms with E-state index in [1.807, 2.05) is 24.3 Å². The third-order valence-corrected chi connectivity index (χ3v) is 3.82. The number of aryl methyl sites for hydroxylation is 2. The summed E-state index contributed by atoms with van der Waals surface area (Å²) in [7, 11) is 0. The van der Waals surface area contributed by atoms with E-state index in [1.54, 1.807) is 6.92 Å². The Morgan fingerprint density at radius 1 is 1.00 bits per heavy atom. The summed E-state index contributed by atoms with van der Waals surface area (Å²) in [5.41, 5.74) is 6.42. The summed E-state index contributed by atoms with van der Waals surface area (Å²) >= 11 is 0. The third kappa shape index (κ3) is 3.19. The fourth-order valence-corrected chi connectivity index (χ4v) is 2.93. The van der Waals surface area contributed by atoms with Crippen LogP contribution in [0.25, 0.3) is 22.2 Å². The Labute approximate surface area is 137 Å². The van der Waals surface area contributed by atoms with Crippen LogP contribution >= 0.6 is 0 Å². The van der Waals surface area contributed by atoms with Crippen molar-refractivity contribution in [1.82, 2.24) is 4.98 Å². The van der Waals surface area contributed by atoms with Gasteiger partial charge in [0, 0.05) is 15.1 Å². The predicted molar refractivity (Wildman–Crippen MR) is 95.2 cm³/mol. The molecule has 3 aromatic rings. The van der Waals surface area contributed by atoms with Gasteiger partial charge in [0.05, 0.1) is 11.2 Å². The Morgan fingerprint density at radius 3 is 2.45 bits per heavy atom. The van der Waals surface area contributed by atoms with E-state index in [0.717, 1.165) is 27.7 Å². The lowest BCUT2D eigenvalue weighted by atomic mass is 10.0. The van der Waals surface area contributed by atoms with Gasteiger partial charge in [-0.05, 0) is 56.0 Å². The lowest BCUT2D eigenvalue weighted by molar-refractivity contribution is 0.648. The molecule has 1 heteroatoms. The van der Waals surface area contributed by atoms with Crippen molar-refractivity contribution < 1.29 is 4.11 Å². The van der Waals surface area contributed by atoms with Crippen molar-refractivity contribution in [1.29, 1.82) is 0 Å². The monoisotopic (exact) mass is 292 g/mol. The average Bonchev–Trinajstić information content (AvgIpc) is 2.52. The van der Waals surface area contributed by atoms with E-state index in [9.17, 15) is 0 Å². The molecule has 1 nitrogen and oxygen atoms in total. The second-order valence-corrected chi connectivity index (χ2v) is 6.21. The second kappa shape index (κ2) is 5.92. The fraction of sp³-hybridized carbons (Fsp3) is 0.286. The van der Waals surface area contributed by atoms with Crippen molar-refractivity contribution in [3.05, 3.63) is 65.2 Å². The lowest BCUT2D eigenvalue weighted by Crippen LogP contribution is -1.94. The van der Waals surface area contributed by atoms with Gasteiger partial charge in [-0.3, -0.25) is 0 Å². The maximum atomic E-state index is 7.55. The van der Waals surface area contributed by atoms with Crippen molar-refractivity contribution in [2.75, 3.05) is 0 Å². The van der Waals surface area contributed by atoms with Crippen LogP contribution in [0, 0.1) is 19.8 Å². The molecule has 1 aromatic heterocycles. The highest BCUT2D eigenvalue weighted by molar-refractivity contribution is 5.82. The molecule has 0 aliphatic rings. The van der Waals surface area contributed by atoms with E-state index in [0.29, 0.717) is 6.42 Å². The third-order valence-electron chi connectivity index (χ3n) is 3.82. The van der Waals surface area contributed by atoms with Crippen LogP contribution < -0.4 is 0 Å². The first-order chi connectivity index (χ1) is 11.7. The number of rotatable bonds is 3. The molecule has 0 bridgehead atoms. The highest BCUT2D eigenvalue weighted by Crippen LogP contribution is 2.24. The highest BCUT2D eigenvalue weighted by atomic mass is 14.7. The van der Waals surface area contributed by atoms with Gasteiger partial charge >= 0.3 is 0 Å². The van der Waals surface area contributed by atoms with Gasteiger partial charge in [-0.1, -0.05) is 49.2 Å². The topological polar surface area (TPSA) is 12.9 Å². The molecule has 0 aliphatic heterocycles. The average molecular weight is 292 g/mol. The predicted octanol–water partition coefficient (Wildman–Crippen LogP) is 5.72. The van der Waals surface area contributed by atoms with Crippen molar-refractivity contribution in [3.8, 4) is 11.3 Å². The van der Waals surface area contributed by atoms with Crippen molar-refractivity contribution in [3.63, 3.8) is 0 Å². The van der Waals surface area contributed by atoms with Crippen molar-refractivity contribution in [2.45, 2.75) is 34.0 Å². The summed E-state index contributed by atoms with van der Waals surface area (Å²) in [5, 5.41) is 1.07. The fourth-order valence-electron chi connectivity index (χ4n) is 2.93. The first-order valence-corrected chi connectivity index (χ1v) is 7.71. The number of hydrogen-bond acceptors (Lipinski definition) is 1. The van der Waals surface area contributed by atoms with Crippen LogP contribution in [0.15, 0.2) is 48.5 Å². The molecule has 0 spiro atoms. The standard InChI is InChI=1S/C21H23N/c1-14(2)9-17-5-6-18-7-8-20(22-21(18)13-17)19-11-15(3)10-16(4)12-19/h5-8,10-14H,9H2,1-4H3/i1D3. The molecule has 1 unspecified atom stereocenters. The number of hydrogen-bond donors (Lipinski definition) is 0. The molecule has 2 aromatic carbocycles. The summed E-state index contributed by atoms with van der Waals surface area (Å²) in [6.07, 6.45) is 0.530. The quantitative estimate of drug-likeness (QED) is 0.602. The lowest BCUT2D eigenvalue weighted by Gasteiger charge is -2.09. The zero-order valence-electron chi connectivity index (χ0n) is 16.4. The molecule has 0 radical (unpaired) electrons. The minimum Gasteiger partial charge on any atom is -0.248 e. The smallest absolute Gasteiger partial charge is 0.0712 e. The second-order valence-electron chi connectivity index (χ2n) is 6.21. The zero-order chi connectivity index (χ0) is 18.2. The maximum absolute atomic E-state index is 7.55. The Balaban J connectivity index is 1.98. The van der Waals surface area contributed by atoms with E-state index in [4.69, 9.17) is 9.10 Å². The molecule has 0 saturated carbocycles. The summed E-state index contributed by atoms with van der Waals surface area (Å²) in [6, 6.07) is 16.6. The van der Waals surface area contributed by atoms with Crippen LogP contribution in [0.3, 0.4) is 0 Å². The summed E-state index contributed by atoms with van der Waals surface area (Å²) in [5.74, 6) is -0.368. The minimum atomic E-state index is -1.93. The Bertz CT molecular complexity index is 892. The van der Waals surface area contributed by atoms with Gasteiger partial charge in [0.25, 0.3) is 0 Å². The van der Waals surface area contributed by atoms with E-state index < -0.39 is 6.85 Å². The van der Waals surface area contributed by atoms with Gasteiger partial charge < -0.3 is 0 Å². The molecular weight excluding hydrogens is 266 g/mol. The maximum Gasteiger partial charge on any atom is 0.0712 e. The molecule has 1 heterocycles. The summed E-state index contributed by atoms with van der Waals surface area (Å²) in [6.45, 7) is 4.03. The van der Waals surface area contributed by atoms with Gasteiger partial charge in [-0.15, -0.1) is 0 Å². The van der Waals surface area contributed by atoms with Crippen LogP contribution in [0.1, 0.15) is 34.6 Å². The first-order valence-electron chi connectivity index (χ1n) is 9.21. The van der Waals surface area contributed by atoms with Crippen LogP contribution in [0.5, 0.6) is 0 Å². The Hall–Kier alpha value is -2.15. The first kappa shape index (κ1) is 11.4. The van der Waals surface area contributed by atoms with Crippen LogP contribution in [-0.2, 0) is 6.42 Å². The van der Waals surface area contributed by atoms with Gasteiger partial charge in [0.15, 0.2) is 0 Å². The summed E-state index contributed by atoms with van der Waals surface area (Å²) in [4.78, 5) is 4.82. The molecule has 0 saturated heterocycles.